The minimum Gasteiger partial charge on any atom is -0.495 e. The van der Waals surface area contributed by atoms with Crippen LogP contribution in [0.1, 0.15) is 26.2 Å². The Morgan fingerprint density at radius 1 is 1.26 bits per heavy atom. The lowest BCUT2D eigenvalue weighted by Crippen LogP contribution is -2.09. The fourth-order valence-electron chi connectivity index (χ4n) is 2.59. The van der Waals surface area contributed by atoms with E-state index in [1.54, 1.807) is 25.6 Å². The minimum absolute atomic E-state index is 0.0370. The van der Waals surface area contributed by atoms with Crippen molar-refractivity contribution >= 4 is 28.6 Å². The summed E-state index contributed by atoms with van der Waals surface area (Å²) in [5.74, 6) is 0.642. The van der Waals surface area contributed by atoms with Gasteiger partial charge in [0, 0.05) is 17.4 Å². The molecular weight excluding hydrogens is 360 g/mol. The van der Waals surface area contributed by atoms with Crippen LogP contribution in [0.5, 0.6) is 5.75 Å². The average Bonchev–Trinajstić information content (AvgIpc) is 3.15. The number of amides is 1. The Kier molecular flexibility index (Phi) is 6.03. The highest BCUT2D eigenvalue weighted by atomic mass is 32.1. The molecule has 1 amide bonds. The van der Waals surface area contributed by atoms with Crippen molar-refractivity contribution in [1.29, 1.82) is 0 Å². The summed E-state index contributed by atoms with van der Waals surface area (Å²) in [5.41, 5.74) is 9.60. The third-order valence-electron chi connectivity index (χ3n) is 4.06. The zero-order chi connectivity index (χ0) is 19.2. The quantitative estimate of drug-likeness (QED) is 0.583. The van der Waals surface area contributed by atoms with Crippen molar-refractivity contribution in [3.63, 3.8) is 0 Å². The van der Waals surface area contributed by atoms with Crippen molar-refractivity contribution in [2.45, 2.75) is 26.2 Å². The number of nitrogens with zero attached hydrogens (tertiary/aromatic N) is 2. The van der Waals surface area contributed by atoms with E-state index < -0.39 is 0 Å². The number of carbonyl (C=O) groups is 1. The molecule has 140 valence electrons. The molecule has 1 aromatic carbocycles. The molecule has 0 bridgehead atoms. The molecule has 0 fully saturated rings. The molecule has 0 aliphatic carbocycles. The predicted molar refractivity (Wildman–Crippen MR) is 110 cm³/mol. The van der Waals surface area contributed by atoms with Crippen LogP contribution in [0, 0.1) is 0 Å². The number of anilines is 2. The number of unbranched alkanes of at least 4 members (excludes halogenated alkanes) is 1. The van der Waals surface area contributed by atoms with Crippen LogP contribution in [0.15, 0.2) is 42.0 Å². The van der Waals surface area contributed by atoms with Gasteiger partial charge in [-0.15, -0.1) is 11.3 Å². The predicted octanol–water partition coefficient (Wildman–Crippen LogP) is 4.59. The number of nitrogens with two attached hydrogens (primary N) is 1. The number of nitrogen functional groups attached to an aromatic ring is 1. The summed E-state index contributed by atoms with van der Waals surface area (Å²) in [5, 5.41) is 4.84. The van der Waals surface area contributed by atoms with Gasteiger partial charge in [-0.1, -0.05) is 19.4 Å². The normalized spacial score (nSPS) is 10.6. The Morgan fingerprint density at radius 3 is 2.85 bits per heavy atom. The van der Waals surface area contributed by atoms with E-state index in [9.17, 15) is 4.79 Å². The number of ether oxygens (including phenoxy) is 1. The summed E-state index contributed by atoms with van der Waals surface area (Å²) >= 11 is 1.52. The monoisotopic (exact) mass is 382 g/mol. The third kappa shape index (κ3) is 4.62. The highest BCUT2D eigenvalue weighted by Crippen LogP contribution is 2.31. The van der Waals surface area contributed by atoms with E-state index in [1.165, 1.54) is 11.3 Å². The lowest BCUT2D eigenvalue weighted by atomic mass is 10.1. The van der Waals surface area contributed by atoms with Crippen LogP contribution in [-0.2, 0) is 4.79 Å². The first-order valence-electron chi connectivity index (χ1n) is 8.75. The van der Waals surface area contributed by atoms with Crippen molar-refractivity contribution < 1.29 is 9.53 Å². The van der Waals surface area contributed by atoms with E-state index in [1.807, 2.05) is 23.6 Å². The van der Waals surface area contributed by atoms with Gasteiger partial charge in [0.15, 0.2) is 0 Å². The summed E-state index contributed by atoms with van der Waals surface area (Å²) in [6, 6.07) is 7.44. The van der Waals surface area contributed by atoms with E-state index >= 15 is 0 Å². The summed E-state index contributed by atoms with van der Waals surface area (Å²) < 4.78 is 5.28. The maximum absolute atomic E-state index is 11.9. The number of methoxy groups -OCH3 is 1. The highest BCUT2D eigenvalue weighted by molar-refractivity contribution is 7.14. The number of thiophene rings is 1. The molecule has 3 aromatic rings. The molecule has 2 aromatic heterocycles. The molecule has 0 atom stereocenters. The molecule has 0 spiro atoms. The van der Waals surface area contributed by atoms with Gasteiger partial charge in [-0.25, -0.2) is 4.98 Å². The van der Waals surface area contributed by atoms with Gasteiger partial charge in [0.1, 0.15) is 5.75 Å². The van der Waals surface area contributed by atoms with Crippen LogP contribution in [0.3, 0.4) is 0 Å². The Labute approximate surface area is 162 Å². The first-order valence-corrected chi connectivity index (χ1v) is 9.63. The average molecular weight is 382 g/mol. The number of benzene rings is 1. The smallest absolute Gasteiger partial charge is 0.224 e. The fourth-order valence-corrected chi connectivity index (χ4v) is 3.39. The second kappa shape index (κ2) is 8.64. The van der Waals surface area contributed by atoms with Crippen molar-refractivity contribution in [2.24, 2.45) is 0 Å². The number of rotatable bonds is 7. The van der Waals surface area contributed by atoms with Crippen molar-refractivity contribution in [1.82, 2.24) is 9.97 Å². The van der Waals surface area contributed by atoms with E-state index in [0.29, 0.717) is 17.9 Å². The number of hydrogen-bond acceptors (Lipinski definition) is 6. The summed E-state index contributed by atoms with van der Waals surface area (Å²) in [6.07, 6.45) is 5.85. The van der Waals surface area contributed by atoms with E-state index in [2.05, 4.69) is 17.2 Å². The first kappa shape index (κ1) is 18.8. The molecule has 7 heteroatoms. The fraction of sp³-hybridized carbons (Fsp3) is 0.250. The van der Waals surface area contributed by atoms with Gasteiger partial charge < -0.3 is 15.8 Å². The minimum atomic E-state index is 0.0370. The summed E-state index contributed by atoms with van der Waals surface area (Å²) in [7, 11) is 1.58. The maximum Gasteiger partial charge on any atom is 0.224 e. The molecule has 0 aliphatic heterocycles. The molecule has 0 radical (unpaired) electrons. The zero-order valence-corrected chi connectivity index (χ0v) is 16.2. The van der Waals surface area contributed by atoms with Gasteiger partial charge in [0.25, 0.3) is 0 Å². The second-order valence-corrected chi connectivity index (χ2v) is 7.01. The van der Waals surface area contributed by atoms with Gasteiger partial charge >= 0.3 is 0 Å². The van der Waals surface area contributed by atoms with Crippen molar-refractivity contribution in [2.75, 3.05) is 18.2 Å². The highest BCUT2D eigenvalue weighted by Gasteiger charge is 2.10. The van der Waals surface area contributed by atoms with E-state index in [-0.39, 0.29) is 5.91 Å². The summed E-state index contributed by atoms with van der Waals surface area (Å²) in [4.78, 5) is 21.8. The molecule has 0 aliphatic rings. The molecule has 27 heavy (non-hydrogen) atoms. The first-order chi connectivity index (χ1) is 13.1. The Hall–Kier alpha value is -2.93. The number of aromatic nitrogens is 2. The van der Waals surface area contributed by atoms with Gasteiger partial charge in [0.05, 0.1) is 47.1 Å². The van der Waals surface area contributed by atoms with Crippen molar-refractivity contribution in [3.8, 4) is 27.6 Å². The standard InChI is InChI=1S/C20H22N4O2S/c1-3-4-5-20(25)23-14-9-19(27-12-14)17-11-22-10-16(24-17)13-6-7-15(21)18(8-13)26-2/h6-12H,3-5,21H2,1-2H3,(H,23,25). The molecule has 3 N–H and O–H groups in total. The molecular formula is C20H22N4O2S. The Morgan fingerprint density at radius 2 is 2.07 bits per heavy atom. The van der Waals surface area contributed by atoms with Crippen LogP contribution >= 0.6 is 11.3 Å². The lowest BCUT2D eigenvalue weighted by Gasteiger charge is -2.07. The molecule has 0 saturated heterocycles. The Bertz CT molecular complexity index is 939. The van der Waals surface area contributed by atoms with Crippen LogP contribution in [0.25, 0.3) is 21.8 Å². The van der Waals surface area contributed by atoms with Gasteiger partial charge in [-0.2, -0.15) is 0 Å². The Balaban J connectivity index is 1.81. The van der Waals surface area contributed by atoms with Crippen LogP contribution < -0.4 is 15.8 Å². The SMILES string of the molecule is CCCCC(=O)Nc1csc(-c2cncc(-c3ccc(N)c(OC)c3)n2)c1. The van der Waals surface area contributed by atoms with Crippen molar-refractivity contribution in [3.05, 3.63) is 42.0 Å². The van der Waals surface area contributed by atoms with Gasteiger partial charge in [-0.05, 0) is 24.6 Å². The number of nitrogens with one attached hydrogen (secondary N) is 1. The van der Waals surface area contributed by atoms with Crippen LogP contribution in [-0.4, -0.2) is 23.0 Å². The molecule has 6 nitrogen and oxygen atoms in total. The van der Waals surface area contributed by atoms with Gasteiger partial charge in [-0.3, -0.25) is 9.78 Å². The van der Waals surface area contributed by atoms with Gasteiger partial charge in [0.2, 0.25) is 5.91 Å². The second-order valence-electron chi connectivity index (χ2n) is 6.10. The number of carbonyl (C=O) groups excluding carboxylic acids is 1. The molecule has 0 unspecified atom stereocenters. The lowest BCUT2D eigenvalue weighted by molar-refractivity contribution is -0.116. The van der Waals surface area contributed by atoms with E-state index in [4.69, 9.17) is 15.5 Å². The van der Waals surface area contributed by atoms with Crippen LogP contribution in [0.2, 0.25) is 0 Å². The topological polar surface area (TPSA) is 90.1 Å². The van der Waals surface area contributed by atoms with Crippen LogP contribution in [0.4, 0.5) is 11.4 Å². The third-order valence-corrected chi connectivity index (χ3v) is 5.01. The summed E-state index contributed by atoms with van der Waals surface area (Å²) in [6.45, 7) is 2.07. The number of hydrogen-bond donors (Lipinski definition) is 2. The molecule has 2 heterocycles. The largest absolute Gasteiger partial charge is 0.495 e. The molecule has 0 saturated carbocycles. The molecule has 3 rings (SSSR count). The van der Waals surface area contributed by atoms with E-state index in [0.717, 1.165) is 40.4 Å². The maximum atomic E-state index is 11.9. The zero-order valence-electron chi connectivity index (χ0n) is 15.4.